The van der Waals surface area contributed by atoms with Gasteiger partial charge in [-0.2, -0.15) is 0 Å². The second kappa shape index (κ2) is 11.5. The lowest BCUT2D eigenvalue weighted by Crippen LogP contribution is -1.97. The summed E-state index contributed by atoms with van der Waals surface area (Å²) in [6.45, 7) is 1.32. The molecule has 0 fully saturated rings. The standard InChI is InChI=1S/C49H32N4/c1-31-19-20-32-21-22-34(30-35(32)29-31)48-38-13-5-8-16-41(38)50-49(51-48)33-23-25-37(26-24-33)53-43-18-10-7-15-40(43)47-45(53)28-27-44-46(47)39-14-6-9-17-42(39)52(44)36-11-3-2-4-12-36/h2-30H,1H3/i2D,3D,4D,5D,6D,7D,8D,9D,10D,11D,12D,13D,14D,15D,16D,17D,18D,19D,20D,21D,22D,23D,24D,25D,26D,27D,28D,29D,30D. The molecule has 4 nitrogen and oxygen atoms in total. The summed E-state index contributed by atoms with van der Waals surface area (Å²) in [4.78, 5) is 8.81. The van der Waals surface area contributed by atoms with Crippen molar-refractivity contribution in [1.29, 1.82) is 0 Å². The molecule has 0 saturated carbocycles. The molecule has 0 atom stereocenters. The highest BCUT2D eigenvalue weighted by Gasteiger charge is 2.20. The van der Waals surface area contributed by atoms with Crippen LogP contribution < -0.4 is 0 Å². The van der Waals surface area contributed by atoms with Crippen LogP contribution in [0.15, 0.2) is 175 Å². The predicted octanol–water partition coefficient (Wildman–Crippen LogP) is 12.6. The fraction of sp³-hybridized carbons (Fsp3) is 0.0204. The first-order valence-corrected chi connectivity index (χ1v) is 15.7. The monoisotopic (exact) mass is 705 g/mol. The van der Waals surface area contributed by atoms with Crippen molar-refractivity contribution in [1.82, 2.24) is 19.1 Å². The number of aromatic nitrogens is 4. The number of fused-ring (bicyclic) bond motifs is 9. The van der Waals surface area contributed by atoms with Crippen molar-refractivity contribution >= 4 is 65.3 Å². The average Bonchev–Trinajstić information content (AvgIpc) is 1.56. The van der Waals surface area contributed by atoms with Gasteiger partial charge < -0.3 is 9.13 Å². The maximum absolute atomic E-state index is 9.74. The molecule has 3 heterocycles. The quantitative estimate of drug-likeness (QED) is 0.183. The van der Waals surface area contributed by atoms with E-state index < -0.39 is 275 Å². The summed E-state index contributed by atoms with van der Waals surface area (Å²) in [7, 11) is 0. The zero-order valence-electron chi connectivity index (χ0n) is 55.8. The molecule has 53 heavy (non-hydrogen) atoms. The topological polar surface area (TPSA) is 35.6 Å². The molecule has 0 N–H and O–H groups in total. The first-order valence-electron chi connectivity index (χ1n) is 30.2. The molecule has 0 spiro atoms. The molecule has 0 amide bonds. The summed E-state index contributed by atoms with van der Waals surface area (Å²) < 4.78 is 263. The summed E-state index contributed by atoms with van der Waals surface area (Å²) in [6.07, 6.45) is 0. The van der Waals surface area contributed by atoms with Gasteiger partial charge in [0, 0.05) is 49.4 Å². The number of hydrogen-bond donors (Lipinski definition) is 0. The van der Waals surface area contributed by atoms with Gasteiger partial charge in [-0.05, 0) is 90.2 Å². The lowest BCUT2D eigenvalue weighted by atomic mass is 10.0. The first kappa shape index (κ1) is 12.9. The second-order valence-electron chi connectivity index (χ2n) is 11.6. The van der Waals surface area contributed by atoms with Gasteiger partial charge in [0.2, 0.25) is 0 Å². The molecule has 3 aromatic heterocycles. The van der Waals surface area contributed by atoms with Crippen molar-refractivity contribution in [3.05, 3.63) is 181 Å². The highest BCUT2D eigenvalue weighted by Crippen LogP contribution is 2.42. The highest BCUT2D eigenvalue weighted by molar-refractivity contribution is 6.28. The van der Waals surface area contributed by atoms with Crippen LogP contribution >= 0.6 is 0 Å². The van der Waals surface area contributed by atoms with Crippen LogP contribution in [-0.2, 0) is 0 Å². The van der Waals surface area contributed by atoms with E-state index in [4.69, 9.17) is 26.0 Å². The zero-order chi connectivity index (χ0) is 60.3. The average molecular weight is 706 g/mol. The van der Waals surface area contributed by atoms with Gasteiger partial charge in [-0.15, -0.1) is 0 Å². The first-order chi connectivity index (χ1) is 38.3. The van der Waals surface area contributed by atoms with E-state index >= 15 is 0 Å². The molecule has 11 rings (SSSR count). The number of rotatable bonds is 4. The Labute approximate surface area is 346 Å². The largest absolute Gasteiger partial charge is 0.309 e. The van der Waals surface area contributed by atoms with Crippen LogP contribution in [-0.4, -0.2) is 19.1 Å². The van der Waals surface area contributed by atoms with Crippen LogP contribution in [0.5, 0.6) is 0 Å². The fourth-order valence-corrected chi connectivity index (χ4v) is 6.40. The second-order valence-corrected chi connectivity index (χ2v) is 11.6. The van der Waals surface area contributed by atoms with Gasteiger partial charge in [-0.1, -0.05) is 108 Å². The van der Waals surface area contributed by atoms with E-state index in [1.54, 1.807) is 0 Å². The number of hydrogen-bond acceptors (Lipinski definition) is 2. The molecule has 8 aromatic carbocycles. The Bertz CT molecular complexity index is 4870. The van der Waals surface area contributed by atoms with Crippen LogP contribution in [0.3, 0.4) is 0 Å². The summed E-state index contributed by atoms with van der Waals surface area (Å²) >= 11 is 0. The summed E-state index contributed by atoms with van der Waals surface area (Å²) in [6, 6.07) is -25.1. The van der Waals surface area contributed by atoms with Gasteiger partial charge in [0.15, 0.2) is 5.82 Å². The molecular weight excluding hydrogens is 645 g/mol. The van der Waals surface area contributed by atoms with E-state index in [0.717, 1.165) is 9.13 Å². The van der Waals surface area contributed by atoms with E-state index in [1.165, 1.54) is 6.92 Å². The summed E-state index contributed by atoms with van der Waals surface area (Å²) in [5.74, 6) is -0.832. The SMILES string of the molecule is [2H]c1c([2H])c([2H])c(-n2c3c([2H])c([2H])c([2H])c([2H])c3c3c4c5c([2H])c([2H])c([2H])c([2H])c5n(-c5c([2H])c([2H])c(-c6nc(-c7c([2H])c([2H])c8c([2H])c([2H])c(C)c([2H])c8c7[2H])c7c([2H])c([2H])c([2H])c([2H])c7n6)c([2H])c5[2H])c4c([2H])c([2H])c32)c([2H])c1[2H]. The number of nitrogens with zero attached hydrogens (tertiary/aromatic N) is 4. The van der Waals surface area contributed by atoms with Crippen LogP contribution in [0.2, 0.25) is 0 Å². The van der Waals surface area contributed by atoms with Crippen LogP contribution in [0.1, 0.15) is 45.3 Å². The molecule has 0 bridgehead atoms. The Kier molecular flexibility index (Phi) is 2.79. The molecule has 0 aliphatic carbocycles. The lowest BCUT2D eigenvalue weighted by molar-refractivity contribution is 1.17. The van der Waals surface area contributed by atoms with Crippen molar-refractivity contribution < 1.29 is 39.8 Å². The van der Waals surface area contributed by atoms with E-state index in [9.17, 15) is 13.7 Å². The van der Waals surface area contributed by atoms with Gasteiger partial charge in [-0.25, -0.2) is 9.97 Å². The normalized spacial score (nSPS) is 19.5. The molecule has 0 unspecified atom stereocenters. The smallest absolute Gasteiger partial charge is 0.160 e. The zero-order valence-corrected chi connectivity index (χ0v) is 26.8. The van der Waals surface area contributed by atoms with E-state index in [2.05, 4.69) is 9.97 Å². The minimum atomic E-state index is -1.08. The van der Waals surface area contributed by atoms with Crippen molar-refractivity contribution in [2.24, 2.45) is 0 Å². The molecule has 0 aliphatic heterocycles. The van der Waals surface area contributed by atoms with E-state index in [-0.39, 0.29) is 5.56 Å². The third kappa shape index (κ3) is 4.56. The van der Waals surface area contributed by atoms with E-state index in [1.807, 2.05) is 0 Å². The van der Waals surface area contributed by atoms with Gasteiger partial charge in [0.25, 0.3) is 0 Å². The molecule has 248 valence electrons. The third-order valence-corrected chi connectivity index (χ3v) is 8.60. The molecule has 0 aliphatic rings. The number of para-hydroxylation sites is 4. The Hall–Kier alpha value is -7.04. The molecule has 11 aromatic rings. The number of benzene rings is 8. The van der Waals surface area contributed by atoms with Gasteiger partial charge in [0.05, 0.1) is 73.0 Å². The Morgan fingerprint density at radius 3 is 1.70 bits per heavy atom. The van der Waals surface area contributed by atoms with Gasteiger partial charge in [0.1, 0.15) is 0 Å². The minimum Gasteiger partial charge on any atom is -0.309 e. The molecule has 4 heteroatoms. The van der Waals surface area contributed by atoms with E-state index in [0.29, 0.717) is 0 Å². The van der Waals surface area contributed by atoms with Gasteiger partial charge >= 0.3 is 0 Å². The molecular formula is C49H32N4. The maximum atomic E-state index is 9.74. The Balaban J connectivity index is 1.33. The predicted molar refractivity (Wildman–Crippen MR) is 221 cm³/mol. The summed E-state index contributed by atoms with van der Waals surface area (Å²) in [5.41, 5.74) is -7.00. The maximum Gasteiger partial charge on any atom is 0.160 e. The Morgan fingerprint density at radius 2 is 1.00 bits per heavy atom. The molecule has 0 saturated heterocycles. The highest BCUT2D eigenvalue weighted by atomic mass is 15.0. The molecule has 0 radical (unpaired) electrons. The summed E-state index contributed by atoms with van der Waals surface area (Å²) in [5, 5.41) is -3.45. The fourth-order valence-electron chi connectivity index (χ4n) is 6.40. The third-order valence-electron chi connectivity index (χ3n) is 8.60. The van der Waals surface area contributed by atoms with Crippen LogP contribution in [0, 0.1) is 6.92 Å². The van der Waals surface area contributed by atoms with Crippen LogP contribution in [0.4, 0.5) is 0 Å². The van der Waals surface area contributed by atoms with Crippen molar-refractivity contribution in [3.8, 4) is 34.0 Å². The Morgan fingerprint density at radius 1 is 0.434 bits per heavy atom. The van der Waals surface area contributed by atoms with Crippen molar-refractivity contribution in [2.45, 2.75) is 6.92 Å². The minimum absolute atomic E-state index is 0.0827. The lowest BCUT2D eigenvalue weighted by Gasteiger charge is -2.12. The van der Waals surface area contributed by atoms with Crippen LogP contribution in [0.25, 0.3) is 99.3 Å². The van der Waals surface area contributed by atoms with Crippen molar-refractivity contribution in [3.63, 3.8) is 0 Å². The van der Waals surface area contributed by atoms with Crippen molar-refractivity contribution in [2.75, 3.05) is 0 Å². The van der Waals surface area contributed by atoms with Gasteiger partial charge in [-0.3, -0.25) is 0 Å².